The number of piperidine rings is 1. The molecule has 23 heavy (non-hydrogen) atoms. The Labute approximate surface area is 140 Å². The number of rotatable bonds is 2. The Hall–Kier alpha value is -1.88. The zero-order chi connectivity index (χ0) is 15.7. The SMILES string of the molecule is O=C(c1ccsc1)N1CCC2(CCCN(c3ccccn3)C2)C1. The van der Waals surface area contributed by atoms with Crippen molar-refractivity contribution in [2.45, 2.75) is 19.3 Å². The summed E-state index contributed by atoms with van der Waals surface area (Å²) in [5, 5.41) is 3.93. The molecule has 120 valence electrons. The maximum Gasteiger partial charge on any atom is 0.254 e. The number of anilines is 1. The molecule has 0 aliphatic carbocycles. The first-order valence-corrected chi connectivity index (χ1v) is 9.18. The van der Waals surface area contributed by atoms with E-state index in [-0.39, 0.29) is 11.3 Å². The van der Waals surface area contributed by atoms with Gasteiger partial charge in [0.1, 0.15) is 5.82 Å². The highest BCUT2D eigenvalue weighted by Gasteiger charge is 2.43. The van der Waals surface area contributed by atoms with Crippen LogP contribution in [0.15, 0.2) is 41.2 Å². The van der Waals surface area contributed by atoms with Crippen LogP contribution in [0.4, 0.5) is 5.82 Å². The van der Waals surface area contributed by atoms with Crippen LogP contribution >= 0.6 is 11.3 Å². The highest BCUT2D eigenvalue weighted by molar-refractivity contribution is 7.08. The molecule has 1 atom stereocenters. The van der Waals surface area contributed by atoms with E-state index in [4.69, 9.17) is 0 Å². The summed E-state index contributed by atoms with van der Waals surface area (Å²) in [6, 6.07) is 8.02. The van der Waals surface area contributed by atoms with E-state index in [2.05, 4.69) is 16.0 Å². The molecule has 1 amide bonds. The molecule has 2 saturated heterocycles. The molecular formula is C18H21N3OS. The van der Waals surface area contributed by atoms with Gasteiger partial charge in [-0.05, 0) is 42.8 Å². The van der Waals surface area contributed by atoms with E-state index in [1.165, 1.54) is 12.8 Å². The molecule has 0 aromatic carbocycles. The quantitative estimate of drug-likeness (QED) is 0.849. The Bertz CT molecular complexity index is 673. The van der Waals surface area contributed by atoms with Crippen molar-refractivity contribution in [2.75, 3.05) is 31.1 Å². The molecule has 0 bridgehead atoms. The Balaban J connectivity index is 1.48. The van der Waals surface area contributed by atoms with Crippen molar-refractivity contribution in [3.63, 3.8) is 0 Å². The molecular weight excluding hydrogens is 306 g/mol. The standard InChI is InChI=1S/C18H21N3OS/c22-17(15-5-11-23-12-15)21-10-7-18(14-21)6-3-9-20(13-18)16-4-1-2-8-19-16/h1-2,4-5,8,11-12H,3,6-7,9-10,13-14H2. The maximum absolute atomic E-state index is 12.6. The van der Waals surface area contributed by atoms with Gasteiger partial charge in [0.25, 0.3) is 5.91 Å². The van der Waals surface area contributed by atoms with Gasteiger partial charge in [-0.25, -0.2) is 4.98 Å². The molecule has 2 aliphatic rings. The molecule has 4 rings (SSSR count). The van der Waals surface area contributed by atoms with E-state index >= 15 is 0 Å². The Morgan fingerprint density at radius 3 is 2.91 bits per heavy atom. The summed E-state index contributed by atoms with van der Waals surface area (Å²) < 4.78 is 0. The smallest absolute Gasteiger partial charge is 0.254 e. The van der Waals surface area contributed by atoms with E-state index in [1.807, 2.05) is 40.1 Å². The summed E-state index contributed by atoms with van der Waals surface area (Å²) in [7, 11) is 0. The minimum absolute atomic E-state index is 0.193. The molecule has 5 heteroatoms. The second kappa shape index (κ2) is 5.96. The van der Waals surface area contributed by atoms with Crippen molar-refractivity contribution >= 4 is 23.1 Å². The molecule has 0 radical (unpaired) electrons. The third-order valence-electron chi connectivity index (χ3n) is 5.13. The van der Waals surface area contributed by atoms with Gasteiger partial charge in [0, 0.05) is 43.2 Å². The third-order valence-corrected chi connectivity index (χ3v) is 5.81. The largest absolute Gasteiger partial charge is 0.356 e. The molecule has 1 spiro atoms. The number of amides is 1. The number of thiophene rings is 1. The van der Waals surface area contributed by atoms with Gasteiger partial charge in [0.05, 0.1) is 5.56 Å². The second-order valence-electron chi connectivity index (χ2n) is 6.70. The van der Waals surface area contributed by atoms with Crippen LogP contribution in [0.3, 0.4) is 0 Å². The van der Waals surface area contributed by atoms with Crippen molar-refractivity contribution < 1.29 is 4.79 Å². The van der Waals surface area contributed by atoms with Crippen LogP contribution in [0, 0.1) is 5.41 Å². The van der Waals surface area contributed by atoms with E-state index in [0.29, 0.717) is 0 Å². The molecule has 0 N–H and O–H groups in total. The van der Waals surface area contributed by atoms with Gasteiger partial charge in [0.15, 0.2) is 0 Å². The first-order valence-electron chi connectivity index (χ1n) is 8.23. The van der Waals surface area contributed by atoms with Crippen molar-refractivity contribution in [1.29, 1.82) is 0 Å². The van der Waals surface area contributed by atoms with Crippen LogP contribution in [-0.4, -0.2) is 42.0 Å². The molecule has 1 unspecified atom stereocenters. The van der Waals surface area contributed by atoms with E-state index < -0.39 is 0 Å². The zero-order valence-corrected chi connectivity index (χ0v) is 14.0. The Morgan fingerprint density at radius 1 is 1.17 bits per heavy atom. The second-order valence-corrected chi connectivity index (χ2v) is 7.48. The summed E-state index contributed by atoms with van der Waals surface area (Å²) in [6.07, 6.45) is 5.35. The minimum Gasteiger partial charge on any atom is -0.356 e. The van der Waals surface area contributed by atoms with Crippen LogP contribution in [-0.2, 0) is 0 Å². The summed E-state index contributed by atoms with van der Waals surface area (Å²) >= 11 is 1.59. The van der Waals surface area contributed by atoms with Crippen LogP contribution in [0.5, 0.6) is 0 Å². The number of nitrogens with zero attached hydrogens (tertiary/aromatic N) is 3. The molecule has 4 heterocycles. The third kappa shape index (κ3) is 2.85. The maximum atomic E-state index is 12.6. The van der Waals surface area contributed by atoms with Crippen LogP contribution in [0.25, 0.3) is 0 Å². The molecule has 2 aromatic rings. The lowest BCUT2D eigenvalue weighted by Crippen LogP contribution is -2.45. The van der Waals surface area contributed by atoms with Gasteiger partial charge in [-0.15, -0.1) is 0 Å². The summed E-state index contributed by atoms with van der Waals surface area (Å²) in [5.41, 5.74) is 1.07. The highest BCUT2D eigenvalue weighted by atomic mass is 32.1. The predicted octanol–water partition coefficient (Wildman–Crippen LogP) is 3.28. The zero-order valence-electron chi connectivity index (χ0n) is 13.1. The fraction of sp³-hybridized carbons (Fsp3) is 0.444. The van der Waals surface area contributed by atoms with Gasteiger partial charge in [0.2, 0.25) is 0 Å². The lowest BCUT2D eigenvalue weighted by Gasteiger charge is -2.41. The average Bonchev–Trinajstić information content (AvgIpc) is 3.26. The summed E-state index contributed by atoms with van der Waals surface area (Å²) in [6.45, 7) is 3.84. The van der Waals surface area contributed by atoms with Gasteiger partial charge in [-0.2, -0.15) is 11.3 Å². The number of carbonyl (C=O) groups excluding carboxylic acids is 1. The number of hydrogen-bond acceptors (Lipinski definition) is 4. The summed E-state index contributed by atoms with van der Waals surface area (Å²) in [5.74, 6) is 1.26. The molecule has 2 fully saturated rings. The predicted molar refractivity (Wildman–Crippen MR) is 93.0 cm³/mol. The Kier molecular flexibility index (Phi) is 3.81. The first kappa shape index (κ1) is 14.7. The number of hydrogen-bond donors (Lipinski definition) is 0. The Morgan fingerprint density at radius 2 is 2.13 bits per heavy atom. The first-order chi connectivity index (χ1) is 11.3. The number of carbonyl (C=O) groups is 1. The molecule has 2 aliphatic heterocycles. The minimum atomic E-state index is 0.193. The number of aromatic nitrogens is 1. The van der Waals surface area contributed by atoms with E-state index in [1.54, 1.807) is 11.3 Å². The highest BCUT2D eigenvalue weighted by Crippen LogP contribution is 2.40. The fourth-order valence-corrected chi connectivity index (χ4v) is 4.58. The van der Waals surface area contributed by atoms with Gasteiger partial charge < -0.3 is 9.80 Å². The topological polar surface area (TPSA) is 36.4 Å². The van der Waals surface area contributed by atoms with E-state index in [0.717, 1.165) is 44.0 Å². The normalized spacial score (nSPS) is 24.3. The van der Waals surface area contributed by atoms with Crippen LogP contribution in [0.2, 0.25) is 0 Å². The van der Waals surface area contributed by atoms with Crippen LogP contribution in [0.1, 0.15) is 29.6 Å². The lowest BCUT2D eigenvalue weighted by atomic mass is 9.79. The van der Waals surface area contributed by atoms with Crippen molar-refractivity contribution in [3.8, 4) is 0 Å². The van der Waals surface area contributed by atoms with Gasteiger partial charge in [-0.1, -0.05) is 6.07 Å². The summed E-state index contributed by atoms with van der Waals surface area (Å²) in [4.78, 5) is 21.5. The molecule has 2 aromatic heterocycles. The monoisotopic (exact) mass is 327 g/mol. The van der Waals surface area contributed by atoms with Gasteiger partial charge in [-0.3, -0.25) is 4.79 Å². The number of likely N-dealkylation sites (tertiary alicyclic amines) is 1. The fourth-order valence-electron chi connectivity index (χ4n) is 3.95. The van der Waals surface area contributed by atoms with E-state index in [9.17, 15) is 4.79 Å². The average molecular weight is 327 g/mol. The van der Waals surface area contributed by atoms with Crippen molar-refractivity contribution in [1.82, 2.24) is 9.88 Å². The molecule has 4 nitrogen and oxygen atoms in total. The van der Waals surface area contributed by atoms with Crippen molar-refractivity contribution in [3.05, 3.63) is 46.8 Å². The van der Waals surface area contributed by atoms with Gasteiger partial charge >= 0.3 is 0 Å². The van der Waals surface area contributed by atoms with Crippen molar-refractivity contribution in [2.24, 2.45) is 5.41 Å². The number of pyridine rings is 1. The van der Waals surface area contributed by atoms with Crippen LogP contribution < -0.4 is 4.90 Å². The lowest BCUT2D eigenvalue weighted by molar-refractivity contribution is 0.0768. The molecule has 0 saturated carbocycles.